The Morgan fingerprint density at radius 3 is 1.72 bits per heavy atom. The molecule has 190 valence electrons. The van der Waals surface area contributed by atoms with E-state index in [1.165, 1.54) is 0 Å². The molecule has 2 rings (SSSR count). The van der Waals surface area contributed by atoms with Gasteiger partial charge in [0.25, 0.3) is 11.9 Å². The minimum atomic E-state index is -0.979. The normalized spacial score (nSPS) is 33.5. The van der Waals surface area contributed by atoms with E-state index in [0.29, 0.717) is 45.2 Å². The van der Waals surface area contributed by atoms with Crippen LogP contribution in [0.1, 0.15) is 87.0 Å². The third-order valence-electron chi connectivity index (χ3n) is 5.70. The second-order valence-corrected chi connectivity index (χ2v) is 8.91. The maximum absolute atomic E-state index is 6.05. The lowest BCUT2D eigenvalue weighted by Crippen LogP contribution is -2.39. The highest BCUT2D eigenvalue weighted by atomic mass is 16.9. The summed E-state index contributed by atoms with van der Waals surface area (Å²) in [5.74, 6) is -1.58. The van der Waals surface area contributed by atoms with Gasteiger partial charge in [-0.3, -0.25) is 9.47 Å². The Hall–Kier alpha value is -0.320. The minimum Gasteiger partial charge on any atom is -0.352 e. The van der Waals surface area contributed by atoms with Crippen LogP contribution in [0, 0.1) is 5.92 Å². The standard InChI is InChI=1S/C24H46O8/c1-8-21(31-23(10-3)27-16-19(6)29-23)25-14-12-13-18(5)15-26-22(9-2)32-24(11-4)28-17-20(7)30-24/h18-22H,8-17H2,1-7H3. The molecule has 0 amide bonds. The Kier molecular flexibility index (Phi) is 11.8. The predicted octanol–water partition coefficient (Wildman–Crippen LogP) is 4.94. The first-order valence-corrected chi connectivity index (χ1v) is 12.5. The summed E-state index contributed by atoms with van der Waals surface area (Å²) < 4.78 is 47.2. The lowest BCUT2D eigenvalue weighted by molar-refractivity contribution is -0.386. The van der Waals surface area contributed by atoms with Gasteiger partial charge in [0.1, 0.15) is 0 Å². The van der Waals surface area contributed by atoms with Gasteiger partial charge in [0.05, 0.1) is 32.0 Å². The van der Waals surface area contributed by atoms with Crippen molar-refractivity contribution in [2.75, 3.05) is 26.4 Å². The van der Waals surface area contributed by atoms with Gasteiger partial charge in [-0.1, -0.05) is 34.6 Å². The highest BCUT2D eigenvalue weighted by molar-refractivity contribution is 4.69. The van der Waals surface area contributed by atoms with Crippen molar-refractivity contribution in [3.8, 4) is 0 Å². The summed E-state index contributed by atoms with van der Waals surface area (Å²) in [4.78, 5) is 0. The maximum Gasteiger partial charge on any atom is 0.285 e. The molecular formula is C24H46O8. The Bertz CT molecular complexity index is 520. The van der Waals surface area contributed by atoms with Crippen LogP contribution in [0.3, 0.4) is 0 Å². The summed E-state index contributed by atoms with van der Waals surface area (Å²) >= 11 is 0. The molecule has 0 spiro atoms. The summed E-state index contributed by atoms with van der Waals surface area (Å²) in [6.45, 7) is 16.5. The molecular weight excluding hydrogens is 416 g/mol. The summed E-state index contributed by atoms with van der Waals surface area (Å²) in [6, 6.07) is 0. The van der Waals surface area contributed by atoms with Crippen LogP contribution in [-0.4, -0.2) is 63.2 Å². The first-order valence-electron chi connectivity index (χ1n) is 12.5. The minimum absolute atomic E-state index is 0.0321. The van der Waals surface area contributed by atoms with Crippen LogP contribution in [0.15, 0.2) is 0 Å². The van der Waals surface area contributed by atoms with Gasteiger partial charge in [-0.05, 0) is 45.4 Å². The molecule has 32 heavy (non-hydrogen) atoms. The first-order chi connectivity index (χ1) is 15.3. The van der Waals surface area contributed by atoms with Gasteiger partial charge in [0.2, 0.25) is 0 Å². The fraction of sp³-hybridized carbons (Fsp3) is 1.00. The molecule has 7 unspecified atom stereocenters. The van der Waals surface area contributed by atoms with E-state index in [0.717, 1.165) is 25.7 Å². The van der Waals surface area contributed by atoms with Crippen molar-refractivity contribution in [2.45, 2.75) is 124 Å². The van der Waals surface area contributed by atoms with Crippen molar-refractivity contribution in [3.05, 3.63) is 0 Å². The van der Waals surface area contributed by atoms with Crippen molar-refractivity contribution in [3.63, 3.8) is 0 Å². The van der Waals surface area contributed by atoms with Crippen molar-refractivity contribution in [1.82, 2.24) is 0 Å². The molecule has 0 saturated carbocycles. The lowest BCUT2D eigenvalue weighted by atomic mass is 10.1. The molecule has 0 aliphatic carbocycles. The van der Waals surface area contributed by atoms with E-state index in [-0.39, 0.29) is 24.8 Å². The van der Waals surface area contributed by atoms with Gasteiger partial charge in [0.15, 0.2) is 12.6 Å². The maximum atomic E-state index is 6.05. The number of hydrogen-bond acceptors (Lipinski definition) is 8. The van der Waals surface area contributed by atoms with Gasteiger partial charge in [-0.15, -0.1) is 0 Å². The van der Waals surface area contributed by atoms with Crippen LogP contribution >= 0.6 is 0 Å². The van der Waals surface area contributed by atoms with Crippen LogP contribution < -0.4 is 0 Å². The van der Waals surface area contributed by atoms with Gasteiger partial charge in [-0.25, -0.2) is 0 Å². The van der Waals surface area contributed by atoms with Crippen molar-refractivity contribution in [1.29, 1.82) is 0 Å². The first kappa shape index (κ1) is 27.9. The highest BCUT2D eigenvalue weighted by Crippen LogP contribution is 2.31. The van der Waals surface area contributed by atoms with E-state index in [2.05, 4.69) is 6.92 Å². The fourth-order valence-corrected chi connectivity index (χ4v) is 3.77. The molecule has 7 atom stereocenters. The predicted molar refractivity (Wildman–Crippen MR) is 120 cm³/mol. The van der Waals surface area contributed by atoms with E-state index < -0.39 is 11.9 Å². The molecule has 8 heteroatoms. The van der Waals surface area contributed by atoms with Crippen molar-refractivity contribution in [2.24, 2.45) is 5.92 Å². The summed E-state index contributed by atoms with van der Waals surface area (Å²) in [5, 5.41) is 0. The van der Waals surface area contributed by atoms with E-state index in [1.807, 2.05) is 41.5 Å². The topological polar surface area (TPSA) is 73.8 Å². The molecule has 2 aliphatic rings. The fourth-order valence-electron chi connectivity index (χ4n) is 3.77. The molecule has 0 N–H and O–H groups in total. The SMILES string of the molecule is CCC(OCCCC(C)COC(CC)OC1(CC)OCC(C)O1)OC1(CC)OCC(C)O1. The van der Waals surface area contributed by atoms with Gasteiger partial charge < -0.3 is 28.4 Å². The van der Waals surface area contributed by atoms with Crippen LogP contribution in [0.5, 0.6) is 0 Å². The summed E-state index contributed by atoms with van der Waals surface area (Å²) in [7, 11) is 0. The quantitative estimate of drug-likeness (QED) is 0.236. The number of rotatable bonds is 16. The van der Waals surface area contributed by atoms with Crippen LogP contribution in [0.25, 0.3) is 0 Å². The second-order valence-electron chi connectivity index (χ2n) is 8.91. The highest BCUT2D eigenvalue weighted by Gasteiger charge is 2.43. The summed E-state index contributed by atoms with van der Waals surface area (Å²) in [5.41, 5.74) is 0. The molecule has 2 aliphatic heterocycles. The Balaban J connectivity index is 1.65. The number of hydrogen-bond donors (Lipinski definition) is 0. The molecule has 0 bridgehead atoms. The Morgan fingerprint density at radius 2 is 1.31 bits per heavy atom. The molecule has 2 heterocycles. The van der Waals surface area contributed by atoms with Crippen molar-refractivity contribution < 1.29 is 37.9 Å². The Morgan fingerprint density at radius 1 is 0.812 bits per heavy atom. The Labute approximate surface area is 194 Å². The van der Waals surface area contributed by atoms with Crippen LogP contribution in [-0.2, 0) is 37.9 Å². The zero-order valence-corrected chi connectivity index (χ0v) is 21.2. The monoisotopic (exact) mass is 462 g/mol. The van der Waals surface area contributed by atoms with E-state index in [1.54, 1.807) is 0 Å². The van der Waals surface area contributed by atoms with Gasteiger partial charge in [0, 0.05) is 19.4 Å². The molecule has 0 radical (unpaired) electrons. The second kappa shape index (κ2) is 13.5. The third kappa shape index (κ3) is 8.47. The molecule has 2 fully saturated rings. The zero-order chi connectivity index (χ0) is 23.6. The third-order valence-corrected chi connectivity index (χ3v) is 5.70. The smallest absolute Gasteiger partial charge is 0.285 e. The molecule has 0 aromatic heterocycles. The van der Waals surface area contributed by atoms with E-state index in [9.17, 15) is 0 Å². The van der Waals surface area contributed by atoms with Gasteiger partial charge >= 0.3 is 0 Å². The number of ether oxygens (including phenoxy) is 8. The average molecular weight is 463 g/mol. The molecule has 0 aromatic carbocycles. The summed E-state index contributed by atoms with van der Waals surface area (Å²) in [6.07, 6.45) is 3.99. The molecule has 8 nitrogen and oxygen atoms in total. The van der Waals surface area contributed by atoms with E-state index in [4.69, 9.17) is 37.9 Å². The lowest BCUT2D eigenvalue weighted by Gasteiger charge is -2.31. The molecule has 0 aromatic rings. The largest absolute Gasteiger partial charge is 0.352 e. The van der Waals surface area contributed by atoms with Crippen LogP contribution in [0.4, 0.5) is 0 Å². The van der Waals surface area contributed by atoms with E-state index >= 15 is 0 Å². The zero-order valence-electron chi connectivity index (χ0n) is 21.2. The van der Waals surface area contributed by atoms with Gasteiger partial charge in [-0.2, -0.15) is 0 Å². The molecule has 2 saturated heterocycles. The van der Waals surface area contributed by atoms with Crippen molar-refractivity contribution >= 4 is 0 Å². The average Bonchev–Trinajstić information content (AvgIpc) is 3.36. The van der Waals surface area contributed by atoms with Crippen LogP contribution in [0.2, 0.25) is 0 Å².